The van der Waals surface area contributed by atoms with Crippen molar-refractivity contribution in [1.82, 2.24) is 9.97 Å². The molecule has 0 spiro atoms. The second-order valence-corrected chi connectivity index (χ2v) is 8.30. The standard InChI is InChI=1S/C19H15N3O5S2/c1-12-7-13(10-20-9-12)3-6-17-21-18(11-28-17)29(25,26)22-15-5-4-14(19(23)24)8-16(15)27-2/h4-5,7-11,22H,1-2H3,(H,23,24). The minimum Gasteiger partial charge on any atom is -0.495 e. The molecule has 148 valence electrons. The molecule has 0 radical (unpaired) electrons. The highest BCUT2D eigenvalue weighted by Crippen LogP contribution is 2.28. The predicted octanol–water partition coefficient (Wildman–Crippen LogP) is 2.75. The number of rotatable bonds is 5. The first-order valence-corrected chi connectivity index (χ1v) is 10.5. The molecule has 0 atom stereocenters. The van der Waals surface area contributed by atoms with Crippen molar-refractivity contribution in [3.8, 4) is 17.6 Å². The molecule has 0 aliphatic carbocycles. The van der Waals surface area contributed by atoms with E-state index in [1.165, 1.54) is 30.7 Å². The zero-order valence-electron chi connectivity index (χ0n) is 15.3. The third kappa shape index (κ3) is 4.90. The number of benzene rings is 1. The normalized spacial score (nSPS) is 10.7. The zero-order valence-corrected chi connectivity index (χ0v) is 17.0. The first-order chi connectivity index (χ1) is 13.8. The molecule has 0 unspecified atom stereocenters. The Labute approximate surface area is 171 Å². The Morgan fingerprint density at radius 3 is 2.72 bits per heavy atom. The van der Waals surface area contributed by atoms with Gasteiger partial charge in [-0.3, -0.25) is 9.71 Å². The van der Waals surface area contributed by atoms with Crippen LogP contribution in [0, 0.1) is 18.8 Å². The van der Waals surface area contributed by atoms with Gasteiger partial charge in [-0.05, 0) is 42.7 Å². The van der Waals surface area contributed by atoms with Crippen LogP contribution < -0.4 is 9.46 Å². The lowest BCUT2D eigenvalue weighted by Gasteiger charge is -2.11. The van der Waals surface area contributed by atoms with Gasteiger partial charge in [-0.1, -0.05) is 5.92 Å². The topological polar surface area (TPSA) is 118 Å². The first kappa shape index (κ1) is 20.3. The maximum atomic E-state index is 12.6. The molecule has 0 amide bonds. The molecule has 10 heteroatoms. The minimum atomic E-state index is -4.01. The lowest BCUT2D eigenvalue weighted by Crippen LogP contribution is -2.14. The van der Waals surface area contributed by atoms with Crippen molar-refractivity contribution in [1.29, 1.82) is 0 Å². The molecule has 8 nitrogen and oxygen atoms in total. The quantitative estimate of drug-likeness (QED) is 0.599. The lowest BCUT2D eigenvalue weighted by atomic mass is 10.2. The summed E-state index contributed by atoms with van der Waals surface area (Å²) in [6.45, 7) is 1.90. The van der Waals surface area contributed by atoms with Crippen molar-refractivity contribution in [2.24, 2.45) is 0 Å². The van der Waals surface area contributed by atoms with Crippen molar-refractivity contribution in [2.75, 3.05) is 11.8 Å². The molecular formula is C19H15N3O5S2. The van der Waals surface area contributed by atoms with Crippen LogP contribution in [0.25, 0.3) is 0 Å². The average Bonchev–Trinajstić information content (AvgIpc) is 3.16. The van der Waals surface area contributed by atoms with Gasteiger partial charge in [0, 0.05) is 23.3 Å². The number of carbonyl (C=O) groups is 1. The van der Waals surface area contributed by atoms with Crippen molar-refractivity contribution in [3.63, 3.8) is 0 Å². The number of thiazole rings is 1. The second kappa shape index (κ2) is 8.30. The highest BCUT2D eigenvalue weighted by atomic mass is 32.2. The van der Waals surface area contributed by atoms with Gasteiger partial charge in [-0.2, -0.15) is 8.42 Å². The van der Waals surface area contributed by atoms with Gasteiger partial charge in [0.2, 0.25) is 0 Å². The fourth-order valence-electron chi connectivity index (χ4n) is 2.29. The maximum absolute atomic E-state index is 12.6. The Hall–Kier alpha value is -3.42. The van der Waals surface area contributed by atoms with Crippen LogP contribution in [0.1, 0.15) is 26.5 Å². The van der Waals surface area contributed by atoms with Crippen molar-refractivity contribution in [2.45, 2.75) is 11.9 Å². The minimum absolute atomic E-state index is 0.0262. The van der Waals surface area contributed by atoms with Crippen LogP contribution in [0.3, 0.4) is 0 Å². The van der Waals surface area contributed by atoms with E-state index in [1.54, 1.807) is 12.4 Å². The van der Waals surface area contributed by atoms with Gasteiger partial charge < -0.3 is 9.84 Å². The summed E-state index contributed by atoms with van der Waals surface area (Å²) >= 11 is 1.09. The summed E-state index contributed by atoms with van der Waals surface area (Å²) in [5.74, 6) is 4.65. The number of aromatic nitrogens is 2. The number of methoxy groups -OCH3 is 1. The molecule has 0 saturated heterocycles. The molecule has 1 aromatic carbocycles. The van der Waals surface area contributed by atoms with Crippen LogP contribution in [0.15, 0.2) is 47.1 Å². The highest BCUT2D eigenvalue weighted by molar-refractivity contribution is 7.92. The summed E-state index contributed by atoms with van der Waals surface area (Å²) in [4.78, 5) is 19.2. The SMILES string of the molecule is COc1cc(C(=O)O)ccc1NS(=O)(=O)c1csc(C#Cc2cncc(C)c2)n1. The van der Waals surface area contributed by atoms with Gasteiger partial charge in [-0.15, -0.1) is 11.3 Å². The second-order valence-electron chi connectivity index (χ2n) is 5.82. The lowest BCUT2D eigenvalue weighted by molar-refractivity contribution is 0.0696. The number of carboxylic acids is 1. The monoisotopic (exact) mass is 429 g/mol. The van der Waals surface area contributed by atoms with Crippen molar-refractivity contribution < 1.29 is 23.1 Å². The molecule has 2 N–H and O–H groups in total. The predicted molar refractivity (Wildman–Crippen MR) is 108 cm³/mol. The van der Waals surface area contributed by atoms with Crippen molar-refractivity contribution >= 4 is 33.0 Å². The zero-order chi connectivity index (χ0) is 21.0. The van der Waals surface area contributed by atoms with Gasteiger partial charge in [0.05, 0.1) is 18.4 Å². The van der Waals surface area contributed by atoms with Crippen LogP contribution in [0.4, 0.5) is 5.69 Å². The molecule has 0 bridgehead atoms. The van der Waals surface area contributed by atoms with Crippen LogP contribution in [-0.2, 0) is 10.0 Å². The summed E-state index contributed by atoms with van der Waals surface area (Å²) in [5.41, 5.74) is 1.74. The van der Waals surface area contributed by atoms with Crippen molar-refractivity contribution in [3.05, 3.63) is 63.7 Å². The van der Waals surface area contributed by atoms with Gasteiger partial charge >= 0.3 is 5.97 Å². The number of anilines is 1. The van der Waals surface area contributed by atoms with E-state index in [4.69, 9.17) is 9.84 Å². The van der Waals surface area contributed by atoms with Crippen LogP contribution in [0.5, 0.6) is 5.75 Å². The number of pyridine rings is 1. The van der Waals surface area contributed by atoms with E-state index in [1.807, 2.05) is 13.0 Å². The van der Waals surface area contributed by atoms with Crippen LogP contribution >= 0.6 is 11.3 Å². The fourth-order valence-corrected chi connectivity index (χ4v) is 4.30. The number of nitrogens with one attached hydrogen (secondary N) is 1. The van der Waals surface area contributed by atoms with E-state index in [0.717, 1.165) is 16.9 Å². The number of nitrogens with zero attached hydrogens (tertiary/aromatic N) is 2. The molecule has 0 aliphatic heterocycles. The molecule has 0 aliphatic rings. The Bertz CT molecular complexity index is 1240. The van der Waals surface area contributed by atoms with Gasteiger partial charge in [-0.25, -0.2) is 9.78 Å². The summed E-state index contributed by atoms with van der Waals surface area (Å²) in [6.07, 6.45) is 3.32. The summed E-state index contributed by atoms with van der Waals surface area (Å²) < 4.78 is 32.7. The third-order valence-electron chi connectivity index (χ3n) is 3.64. The molecule has 3 rings (SSSR count). The number of sulfonamides is 1. The largest absolute Gasteiger partial charge is 0.495 e. The number of carboxylic acid groups (broad SMARTS) is 1. The number of aryl methyl sites for hydroxylation is 1. The summed E-state index contributed by atoms with van der Waals surface area (Å²) in [6, 6.07) is 5.68. The third-order valence-corrected chi connectivity index (χ3v) is 5.80. The van der Waals surface area contributed by atoms with E-state index in [9.17, 15) is 13.2 Å². The first-order valence-electron chi connectivity index (χ1n) is 8.12. The molecule has 2 aromatic heterocycles. The van der Waals surface area contributed by atoms with Gasteiger partial charge in [0.15, 0.2) is 10.0 Å². The van der Waals surface area contributed by atoms with Gasteiger partial charge in [0.1, 0.15) is 5.75 Å². The Morgan fingerprint density at radius 1 is 1.24 bits per heavy atom. The molecular weight excluding hydrogens is 414 g/mol. The molecule has 29 heavy (non-hydrogen) atoms. The maximum Gasteiger partial charge on any atom is 0.335 e. The fraction of sp³-hybridized carbons (Fsp3) is 0.105. The molecule has 3 aromatic rings. The van der Waals surface area contributed by atoms with E-state index in [-0.39, 0.29) is 22.0 Å². The molecule has 0 saturated carbocycles. The Morgan fingerprint density at radius 2 is 2.03 bits per heavy atom. The van der Waals surface area contributed by atoms with Crippen LogP contribution in [-0.4, -0.2) is 36.6 Å². The van der Waals surface area contributed by atoms with E-state index in [2.05, 4.69) is 26.5 Å². The van der Waals surface area contributed by atoms with E-state index in [0.29, 0.717) is 10.6 Å². The molecule has 2 heterocycles. The number of hydrogen-bond acceptors (Lipinski definition) is 7. The molecule has 0 fully saturated rings. The Balaban J connectivity index is 1.84. The van der Waals surface area contributed by atoms with E-state index >= 15 is 0 Å². The highest BCUT2D eigenvalue weighted by Gasteiger charge is 2.20. The van der Waals surface area contributed by atoms with Crippen LogP contribution in [0.2, 0.25) is 0 Å². The number of ether oxygens (including phenoxy) is 1. The summed E-state index contributed by atoms with van der Waals surface area (Å²) in [5, 5.41) is 10.5. The van der Waals surface area contributed by atoms with Gasteiger partial charge in [0.25, 0.3) is 10.0 Å². The van der Waals surface area contributed by atoms with E-state index < -0.39 is 16.0 Å². The Kier molecular flexibility index (Phi) is 5.81. The average molecular weight is 429 g/mol. The summed E-state index contributed by atoms with van der Waals surface area (Å²) in [7, 11) is -2.69. The number of aromatic carboxylic acids is 1. The smallest absolute Gasteiger partial charge is 0.335 e. The number of hydrogen-bond donors (Lipinski definition) is 2.